The van der Waals surface area contributed by atoms with Gasteiger partial charge in [-0.1, -0.05) is 12.1 Å². The van der Waals surface area contributed by atoms with Gasteiger partial charge < -0.3 is 19.1 Å². The normalized spacial score (nSPS) is 16.7. The lowest BCUT2D eigenvalue weighted by molar-refractivity contribution is 0.0743. The van der Waals surface area contributed by atoms with Crippen LogP contribution in [0.25, 0.3) is 0 Å². The molecule has 0 bridgehead atoms. The van der Waals surface area contributed by atoms with Crippen LogP contribution in [0.4, 0.5) is 5.95 Å². The van der Waals surface area contributed by atoms with Gasteiger partial charge >= 0.3 is 0 Å². The van der Waals surface area contributed by atoms with Crippen molar-refractivity contribution in [3.63, 3.8) is 0 Å². The van der Waals surface area contributed by atoms with Crippen molar-refractivity contribution in [2.24, 2.45) is 0 Å². The summed E-state index contributed by atoms with van der Waals surface area (Å²) in [5.74, 6) is 1.41. The minimum atomic E-state index is 0. The van der Waals surface area contributed by atoms with Crippen LogP contribution in [-0.4, -0.2) is 58.7 Å². The van der Waals surface area contributed by atoms with E-state index in [0.717, 1.165) is 23.6 Å². The molecule has 4 heterocycles. The first-order valence-electron chi connectivity index (χ1n) is 9.09. The average molecular weight is 394 g/mol. The van der Waals surface area contributed by atoms with Crippen molar-refractivity contribution in [3.8, 4) is 0 Å². The highest BCUT2D eigenvalue weighted by Gasteiger charge is 2.28. The minimum Gasteiger partial charge on any atom is -0.376 e. The molecule has 27 heavy (non-hydrogen) atoms. The van der Waals surface area contributed by atoms with Gasteiger partial charge in [-0.15, -0.1) is 12.4 Å². The largest absolute Gasteiger partial charge is 0.376 e. The van der Waals surface area contributed by atoms with Gasteiger partial charge in [0.05, 0.1) is 24.6 Å². The standard InChI is InChI=1S/C18H23N5O3.ClH/c1-3-15-16(12(2)21-26-15)17(24)22-5-7-23(8-6-22)18-19-10-13-11-25-9-4-14(13)20-18;/h10H,3-9,11H2,1-2H3;1H. The number of fused-ring (bicyclic) bond motifs is 1. The number of halogens is 1. The summed E-state index contributed by atoms with van der Waals surface area (Å²) in [4.78, 5) is 26.0. The summed E-state index contributed by atoms with van der Waals surface area (Å²) in [5.41, 5.74) is 3.43. The van der Waals surface area contributed by atoms with Gasteiger partial charge in [0, 0.05) is 50.8 Å². The lowest BCUT2D eigenvalue weighted by atomic mass is 10.1. The molecule has 0 unspecified atom stereocenters. The van der Waals surface area contributed by atoms with Crippen LogP contribution in [0.5, 0.6) is 0 Å². The third-order valence-electron chi connectivity index (χ3n) is 5.00. The van der Waals surface area contributed by atoms with Crippen molar-refractivity contribution in [1.29, 1.82) is 0 Å². The second kappa shape index (κ2) is 8.22. The molecule has 0 spiro atoms. The van der Waals surface area contributed by atoms with Crippen LogP contribution in [0.1, 0.15) is 40.0 Å². The Hall–Kier alpha value is -2.19. The summed E-state index contributed by atoms with van der Waals surface area (Å²) in [6.07, 6.45) is 3.35. The van der Waals surface area contributed by atoms with Gasteiger partial charge in [-0.3, -0.25) is 4.79 Å². The van der Waals surface area contributed by atoms with E-state index >= 15 is 0 Å². The Kier molecular flexibility index (Phi) is 5.96. The molecule has 0 radical (unpaired) electrons. The van der Waals surface area contributed by atoms with Crippen molar-refractivity contribution < 1.29 is 14.1 Å². The van der Waals surface area contributed by atoms with Crippen molar-refractivity contribution in [2.45, 2.75) is 33.3 Å². The average Bonchev–Trinajstić information content (AvgIpc) is 3.07. The molecular weight excluding hydrogens is 370 g/mol. The third kappa shape index (κ3) is 3.77. The molecule has 146 valence electrons. The Balaban J connectivity index is 0.00000210. The maximum Gasteiger partial charge on any atom is 0.259 e. The van der Waals surface area contributed by atoms with Gasteiger partial charge in [-0.2, -0.15) is 0 Å². The monoisotopic (exact) mass is 393 g/mol. The van der Waals surface area contributed by atoms with Crippen LogP contribution in [0.2, 0.25) is 0 Å². The fraction of sp³-hybridized carbons (Fsp3) is 0.556. The quantitative estimate of drug-likeness (QED) is 0.785. The topological polar surface area (TPSA) is 84.6 Å². The number of hydrogen-bond acceptors (Lipinski definition) is 7. The first-order chi connectivity index (χ1) is 12.7. The maximum absolute atomic E-state index is 12.9. The number of piperazine rings is 1. The van der Waals surface area contributed by atoms with Gasteiger partial charge in [0.25, 0.3) is 5.91 Å². The summed E-state index contributed by atoms with van der Waals surface area (Å²) in [5, 5.41) is 3.94. The van der Waals surface area contributed by atoms with Gasteiger partial charge in [0.2, 0.25) is 5.95 Å². The van der Waals surface area contributed by atoms with Crippen LogP contribution in [-0.2, 0) is 24.2 Å². The summed E-state index contributed by atoms with van der Waals surface area (Å²) < 4.78 is 10.7. The molecule has 2 aliphatic heterocycles. The van der Waals surface area contributed by atoms with Crippen molar-refractivity contribution in [1.82, 2.24) is 20.0 Å². The maximum atomic E-state index is 12.9. The molecular formula is C18H24ClN5O3. The summed E-state index contributed by atoms with van der Waals surface area (Å²) >= 11 is 0. The van der Waals surface area contributed by atoms with Crippen LogP contribution in [0, 0.1) is 6.92 Å². The van der Waals surface area contributed by atoms with E-state index in [1.807, 2.05) is 24.9 Å². The number of hydrogen-bond donors (Lipinski definition) is 0. The lowest BCUT2D eigenvalue weighted by Crippen LogP contribution is -2.49. The van der Waals surface area contributed by atoms with E-state index in [1.165, 1.54) is 0 Å². The van der Waals surface area contributed by atoms with Crippen molar-refractivity contribution in [2.75, 3.05) is 37.7 Å². The molecule has 1 saturated heterocycles. The van der Waals surface area contributed by atoms with Gasteiger partial charge in [-0.05, 0) is 6.92 Å². The Bertz CT molecular complexity index is 817. The summed E-state index contributed by atoms with van der Waals surface area (Å²) in [6.45, 7) is 7.79. The Morgan fingerprint density at radius 3 is 2.78 bits per heavy atom. The Morgan fingerprint density at radius 2 is 2.04 bits per heavy atom. The first-order valence-corrected chi connectivity index (χ1v) is 9.09. The van der Waals surface area contributed by atoms with Crippen LogP contribution >= 0.6 is 12.4 Å². The van der Waals surface area contributed by atoms with Crippen molar-refractivity contribution >= 4 is 24.3 Å². The molecule has 0 saturated carbocycles. The molecule has 0 atom stereocenters. The summed E-state index contributed by atoms with van der Waals surface area (Å²) in [6, 6.07) is 0. The van der Waals surface area contributed by atoms with E-state index in [-0.39, 0.29) is 18.3 Å². The lowest BCUT2D eigenvalue weighted by Gasteiger charge is -2.35. The number of carbonyl (C=O) groups is 1. The van der Waals surface area contributed by atoms with Gasteiger partial charge in [0.15, 0.2) is 0 Å². The number of aryl methyl sites for hydroxylation is 2. The third-order valence-corrected chi connectivity index (χ3v) is 5.00. The molecule has 1 amide bonds. The van der Waals surface area contributed by atoms with E-state index in [4.69, 9.17) is 14.2 Å². The highest BCUT2D eigenvalue weighted by atomic mass is 35.5. The van der Waals surface area contributed by atoms with Gasteiger partial charge in [0.1, 0.15) is 11.3 Å². The molecule has 2 aromatic rings. The Labute approximate surface area is 164 Å². The first kappa shape index (κ1) is 19.6. The number of anilines is 1. The molecule has 1 fully saturated rings. The molecule has 8 nitrogen and oxygen atoms in total. The van der Waals surface area contributed by atoms with Crippen LogP contribution in [0.3, 0.4) is 0 Å². The highest BCUT2D eigenvalue weighted by Crippen LogP contribution is 2.21. The number of ether oxygens (including phenoxy) is 1. The van der Waals surface area contributed by atoms with E-state index in [9.17, 15) is 4.79 Å². The van der Waals surface area contributed by atoms with Crippen LogP contribution < -0.4 is 4.90 Å². The highest BCUT2D eigenvalue weighted by molar-refractivity contribution is 5.96. The molecule has 0 N–H and O–H groups in total. The zero-order valence-corrected chi connectivity index (χ0v) is 16.4. The second-order valence-corrected chi connectivity index (χ2v) is 6.64. The molecule has 0 aliphatic carbocycles. The Morgan fingerprint density at radius 1 is 1.26 bits per heavy atom. The molecule has 9 heteroatoms. The zero-order chi connectivity index (χ0) is 18.1. The SMILES string of the molecule is CCc1onc(C)c1C(=O)N1CCN(c2ncc3c(n2)CCOC3)CC1.Cl. The predicted octanol–water partition coefficient (Wildman–Crippen LogP) is 1.79. The number of nitrogens with zero attached hydrogens (tertiary/aromatic N) is 5. The van der Waals surface area contributed by atoms with E-state index in [1.54, 1.807) is 0 Å². The molecule has 2 aromatic heterocycles. The number of carbonyl (C=O) groups excluding carboxylic acids is 1. The van der Waals surface area contributed by atoms with E-state index < -0.39 is 0 Å². The zero-order valence-electron chi connectivity index (χ0n) is 15.6. The molecule has 4 rings (SSSR count). The fourth-order valence-corrected chi connectivity index (χ4v) is 3.47. The molecule has 0 aromatic carbocycles. The van der Waals surface area contributed by atoms with Gasteiger partial charge in [-0.25, -0.2) is 9.97 Å². The van der Waals surface area contributed by atoms with Crippen LogP contribution in [0.15, 0.2) is 10.7 Å². The summed E-state index contributed by atoms with van der Waals surface area (Å²) in [7, 11) is 0. The predicted molar refractivity (Wildman–Crippen MR) is 101 cm³/mol. The van der Waals surface area contributed by atoms with E-state index in [2.05, 4.69) is 15.0 Å². The van der Waals surface area contributed by atoms with E-state index in [0.29, 0.717) is 62.8 Å². The minimum absolute atomic E-state index is 0. The number of aromatic nitrogens is 3. The van der Waals surface area contributed by atoms with Crippen molar-refractivity contribution in [3.05, 3.63) is 34.5 Å². The number of rotatable bonds is 3. The second-order valence-electron chi connectivity index (χ2n) is 6.64. The smallest absolute Gasteiger partial charge is 0.259 e. The number of amides is 1. The fourth-order valence-electron chi connectivity index (χ4n) is 3.47. The molecule has 2 aliphatic rings.